The van der Waals surface area contributed by atoms with Crippen molar-refractivity contribution in [2.24, 2.45) is 7.05 Å². The van der Waals surface area contributed by atoms with Crippen molar-refractivity contribution in [3.8, 4) is 11.8 Å². The third kappa shape index (κ3) is 3.54. The van der Waals surface area contributed by atoms with Crippen molar-refractivity contribution in [2.45, 2.75) is 51.7 Å². The van der Waals surface area contributed by atoms with Crippen LogP contribution in [0, 0.1) is 18.3 Å². The van der Waals surface area contributed by atoms with Crippen molar-refractivity contribution in [1.82, 2.24) is 14.5 Å². The number of piperazine rings is 1. The molecule has 7 nitrogen and oxygen atoms in total. The smallest absolute Gasteiger partial charge is 0.295 e. The molecule has 1 fully saturated rings. The van der Waals surface area contributed by atoms with Crippen molar-refractivity contribution < 1.29 is 4.74 Å². The van der Waals surface area contributed by atoms with Crippen LogP contribution < -0.4 is 15.2 Å². The molecule has 0 radical (unpaired) electrons. The van der Waals surface area contributed by atoms with Gasteiger partial charge < -0.3 is 14.2 Å². The number of hydrogen-bond donors (Lipinski definition) is 0. The molecule has 0 N–H and O–H groups in total. The average Bonchev–Trinajstić information content (AvgIpc) is 2.87. The van der Waals surface area contributed by atoms with Gasteiger partial charge in [0.05, 0.1) is 11.6 Å². The fraction of sp³-hybridized carbons (Fsp3) is 0.444. The Morgan fingerprint density at radius 3 is 2.62 bits per heavy atom. The summed E-state index contributed by atoms with van der Waals surface area (Å²) in [6.45, 7) is 8.70. The van der Waals surface area contributed by atoms with Gasteiger partial charge in [-0.1, -0.05) is 43.7 Å². The molecule has 0 spiro atoms. The summed E-state index contributed by atoms with van der Waals surface area (Å²) in [7, 11) is 1.73. The summed E-state index contributed by atoms with van der Waals surface area (Å²) < 4.78 is 7.68. The van der Waals surface area contributed by atoms with Crippen LogP contribution in [0.4, 0.5) is 5.69 Å². The summed E-state index contributed by atoms with van der Waals surface area (Å²) in [5, 5.41) is 9.45. The summed E-state index contributed by atoms with van der Waals surface area (Å²) >= 11 is 0. The third-order valence-corrected chi connectivity index (χ3v) is 7.45. The third-order valence-electron chi connectivity index (χ3n) is 7.45. The van der Waals surface area contributed by atoms with E-state index in [4.69, 9.17) is 4.74 Å². The molecule has 0 aliphatic carbocycles. The van der Waals surface area contributed by atoms with Crippen molar-refractivity contribution in [2.75, 3.05) is 24.6 Å². The van der Waals surface area contributed by atoms with Gasteiger partial charge in [0.1, 0.15) is 29.6 Å². The first-order valence-electron chi connectivity index (χ1n) is 12.1. The number of rotatable bonds is 4. The summed E-state index contributed by atoms with van der Waals surface area (Å²) in [5.41, 5.74) is 4.92. The SMILES string of the molecule is CC[C@@H]1CN2c3c(c(=O)n(C)c4ccc(C#N)nc34)OC[C@@H]2CN1[C@H](CC)c1ccc(C)cc1. The Labute approximate surface area is 200 Å². The second-order valence-electron chi connectivity index (χ2n) is 9.43. The van der Waals surface area contributed by atoms with Crippen LogP contribution in [0.2, 0.25) is 0 Å². The van der Waals surface area contributed by atoms with E-state index in [0.29, 0.717) is 41.2 Å². The number of aryl methyl sites for hydroxylation is 2. The Morgan fingerprint density at radius 2 is 1.94 bits per heavy atom. The highest BCUT2D eigenvalue weighted by Crippen LogP contribution is 2.41. The van der Waals surface area contributed by atoms with Crippen LogP contribution in [-0.4, -0.2) is 46.2 Å². The number of pyridine rings is 2. The Hall–Kier alpha value is -3.37. The summed E-state index contributed by atoms with van der Waals surface area (Å²) in [5.74, 6) is 0.350. The molecule has 3 atom stereocenters. The maximum absolute atomic E-state index is 13.1. The predicted molar refractivity (Wildman–Crippen MR) is 133 cm³/mol. The summed E-state index contributed by atoms with van der Waals surface area (Å²) in [6, 6.07) is 15.3. The first-order chi connectivity index (χ1) is 16.5. The minimum Gasteiger partial charge on any atom is -0.484 e. The lowest BCUT2D eigenvalue weighted by atomic mass is 9.94. The van der Waals surface area contributed by atoms with Gasteiger partial charge in [-0.15, -0.1) is 0 Å². The lowest BCUT2D eigenvalue weighted by Gasteiger charge is -2.51. The highest BCUT2D eigenvalue weighted by Gasteiger charge is 2.41. The van der Waals surface area contributed by atoms with Gasteiger partial charge in [0, 0.05) is 32.2 Å². The van der Waals surface area contributed by atoms with Crippen molar-refractivity contribution in [1.29, 1.82) is 5.26 Å². The lowest BCUT2D eigenvalue weighted by Crippen LogP contribution is -2.62. The van der Waals surface area contributed by atoms with E-state index in [0.717, 1.165) is 31.6 Å². The largest absolute Gasteiger partial charge is 0.484 e. The average molecular weight is 458 g/mol. The number of nitriles is 1. The molecule has 3 aromatic rings. The number of nitrogens with zero attached hydrogens (tertiary/aromatic N) is 5. The van der Waals surface area contributed by atoms with Crippen LogP contribution in [0.15, 0.2) is 41.2 Å². The highest BCUT2D eigenvalue weighted by molar-refractivity contribution is 5.93. The van der Waals surface area contributed by atoms with Gasteiger partial charge in [0.2, 0.25) is 5.75 Å². The zero-order chi connectivity index (χ0) is 24.0. The van der Waals surface area contributed by atoms with Crippen molar-refractivity contribution in [3.63, 3.8) is 0 Å². The molecule has 0 unspecified atom stereocenters. The molecule has 0 amide bonds. The van der Waals surface area contributed by atoms with E-state index in [-0.39, 0.29) is 11.6 Å². The number of aromatic nitrogens is 2. The van der Waals surface area contributed by atoms with E-state index in [1.54, 1.807) is 17.7 Å². The molecular weight excluding hydrogens is 426 g/mol. The van der Waals surface area contributed by atoms with E-state index >= 15 is 0 Å². The zero-order valence-corrected chi connectivity index (χ0v) is 20.3. The maximum atomic E-state index is 13.1. The maximum Gasteiger partial charge on any atom is 0.295 e. The molecular formula is C27H31N5O2. The normalized spacial score (nSPS) is 20.9. The van der Waals surface area contributed by atoms with E-state index in [1.807, 2.05) is 6.07 Å². The van der Waals surface area contributed by atoms with Gasteiger partial charge in [-0.2, -0.15) is 5.26 Å². The van der Waals surface area contributed by atoms with Crippen LogP contribution in [0.3, 0.4) is 0 Å². The Bertz CT molecular complexity index is 1320. The van der Waals surface area contributed by atoms with Gasteiger partial charge >= 0.3 is 0 Å². The molecule has 0 saturated carbocycles. The quantitative estimate of drug-likeness (QED) is 0.591. The predicted octanol–water partition coefficient (Wildman–Crippen LogP) is 3.93. The van der Waals surface area contributed by atoms with Gasteiger partial charge in [-0.05, 0) is 37.5 Å². The van der Waals surface area contributed by atoms with Crippen molar-refractivity contribution in [3.05, 3.63) is 63.6 Å². The number of anilines is 1. The summed E-state index contributed by atoms with van der Waals surface area (Å²) in [6.07, 6.45) is 2.03. The fourth-order valence-electron chi connectivity index (χ4n) is 5.59. The van der Waals surface area contributed by atoms with Crippen molar-refractivity contribution >= 4 is 16.7 Å². The van der Waals surface area contributed by atoms with Gasteiger partial charge in [-0.25, -0.2) is 4.98 Å². The molecule has 2 aliphatic rings. The van der Waals surface area contributed by atoms with Crippen LogP contribution in [-0.2, 0) is 7.05 Å². The Kier molecular flexibility index (Phi) is 5.78. The summed E-state index contributed by atoms with van der Waals surface area (Å²) in [4.78, 5) is 22.7. The molecule has 5 rings (SSSR count). The Morgan fingerprint density at radius 1 is 1.18 bits per heavy atom. The molecule has 0 bridgehead atoms. The second-order valence-corrected chi connectivity index (χ2v) is 9.43. The van der Waals surface area contributed by atoms with Crippen LogP contribution in [0.5, 0.6) is 5.75 Å². The molecule has 34 heavy (non-hydrogen) atoms. The van der Waals surface area contributed by atoms with E-state index in [9.17, 15) is 10.1 Å². The monoisotopic (exact) mass is 457 g/mol. The number of hydrogen-bond acceptors (Lipinski definition) is 6. The zero-order valence-electron chi connectivity index (χ0n) is 20.3. The first-order valence-corrected chi connectivity index (χ1v) is 12.1. The molecule has 176 valence electrons. The first kappa shape index (κ1) is 22.4. The number of benzene rings is 1. The van der Waals surface area contributed by atoms with E-state index in [1.165, 1.54) is 11.1 Å². The Balaban J connectivity index is 1.58. The van der Waals surface area contributed by atoms with E-state index in [2.05, 4.69) is 65.9 Å². The topological polar surface area (TPSA) is 74.4 Å². The second kappa shape index (κ2) is 8.77. The molecule has 2 aromatic heterocycles. The van der Waals surface area contributed by atoms with Crippen LogP contribution >= 0.6 is 0 Å². The highest BCUT2D eigenvalue weighted by atomic mass is 16.5. The van der Waals surface area contributed by atoms with Crippen LogP contribution in [0.25, 0.3) is 11.0 Å². The lowest BCUT2D eigenvalue weighted by molar-refractivity contribution is 0.0720. The molecule has 7 heteroatoms. The minimum atomic E-state index is -0.158. The fourth-order valence-corrected chi connectivity index (χ4v) is 5.59. The van der Waals surface area contributed by atoms with Crippen LogP contribution in [0.1, 0.15) is 49.6 Å². The van der Waals surface area contributed by atoms with Gasteiger partial charge in [0.25, 0.3) is 5.56 Å². The molecule has 1 aromatic carbocycles. The number of ether oxygens (including phenoxy) is 1. The number of fused-ring (bicyclic) bond motifs is 5. The standard InChI is InChI=1S/C27H31N5O2/c1-5-20-14-32-21(15-31(20)22(6-2)18-9-7-17(3)8-10-18)16-34-26-25(32)24-23(30(4)27(26)33)12-11-19(13-28)29-24/h7-12,20-22H,5-6,14-16H2,1-4H3/t20-,21+,22-/m1/s1. The molecule has 2 aliphatic heterocycles. The molecule has 4 heterocycles. The minimum absolute atomic E-state index is 0.109. The van der Waals surface area contributed by atoms with E-state index < -0.39 is 0 Å². The van der Waals surface area contributed by atoms with Gasteiger partial charge in [-0.3, -0.25) is 9.69 Å². The van der Waals surface area contributed by atoms with Gasteiger partial charge in [0.15, 0.2) is 0 Å². The molecule has 1 saturated heterocycles.